The quantitative estimate of drug-likeness (QED) is 0.835. The normalized spacial score (nSPS) is 16.9. The van der Waals surface area contributed by atoms with Gasteiger partial charge in [0.2, 0.25) is 0 Å². The number of aromatic nitrogens is 3. The minimum absolute atomic E-state index is 0.0638. The maximum Gasteiger partial charge on any atom is 0.319 e. The van der Waals surface area contributed by atoms with Gasteiger partial charge in [-0.2, -0.15) is 0 Å². The van der Waals surface area contributed by atoms with E-state index in [4.69, 9.17) is 0 Å². The second-order valence-electron chi connectivity index (χ2n) is 8.13. The fourth-order valence-electron chi connectivity index (χ4n) is 4.15. The summed E-state index contributed by atoms with van der Waals surface area (Å²) in [5, 5.41) is 11.8. The Kier molecular flexibility index (Phi) is 5.87. The Balaban J connectivity index is 1.33. The molecule has 0 aliphatic carbocycles. The molecule has 9 nitrogen and oxygen atoms in total. The monoisotopic (exact) mass is 411 g/mol. The van der Waals surface area contributed by atoms with Gasteiger partial charge in [-0.1, -0.05) is 30.3 Å². The van der Waals surface area contributed by atoms with Gasteiger partial charge in [-0.3, -0.25) is 0 Å². The second-order valence-corrected chi connectivity index (χ2v) is 8.13. The van der Waals surface area contributed by atoms with Crippen LogP contribution in [0, 0.1) is 0 Å². The lowest BCUT2D eigenvalue weighted by molar-refractivity contribution is 0.154. The van der Waals surface area contributed by atoms with E-state index in [1.807, 2.05) is 35.2 Å². The molecule has 0 radical (unpaired) electrons. The summed E-state index contributed by atoms with van der Waals surface area (Å²) in [6.45, 7) is 3.78. The highest BCUT2D eigenvalue weighted by atomic mass is 16.2. The molecule has 0 unspecified atom stereocenters. The van der Waals surface area contributed by atoms with E-state index in [2.05, 4.69) is 20.1 Å². The van der Waals surface area contributed by atoms with Crippen LogP contribution in [-0.4, -0.2) is 75.3 Å². The zero-order valence-corrected chi connectivity index (χ0v) is 17.6. The Morgan fingerprint density at radius 3 is 2.47 bits per heavy atom. The zero-order valence-electron chi connectivity index (χ0n) is 17.6. The Bertz CT molecular complexity index is 888. The van der Waals surface area contributed by atoms with Gasteiger partial charge in [-0.25, -0.2) is 9.59 Å². The minimum Gasteiger partial charge on any atom is -0.334 e. The fraction of sp³-hybridized carbons (Fsp3) is 0.524. The van der Waals surface area contributed by atoms with Gasteiger partial charge in [0, 0.05) is 52.7 Å². The molecule has 4 amide bonds. The number of rotatable bonds is 3. The molecular formula is C21H29N7O2. The summed E-state index contributed by atoms with van der Waals surface area (Å²) in [5.74, 6) is 2.13. The number of fused-ring (bicyclic) bond motifs is 1. The molecule has 0 saturated carbocycles. The summed E-state index contributed by atoms with van der Waals surface area (Å²) in [5.41, 5.74) is 1.08. The third-order valence-corrected chi connectivity index (χ3v) is 5.87. The van der Waals surface area contributed by atoms with Gasteiger partial charge in [0.25, 0.3) is 0 Å². The molecule has 1 aromatic carbocycles. The van der Waals surface area contributed by atoms with Crippen molar-refractivity contribution in [1.29, 1.82) is 0 Å². The van der Waals surface area contributed by atoms with Crippen LogP contribution in [0.3, 0.4) is 0 Å². The Hall–Kier alpha value is -3.10. The maximum absolute atomic E-state index is 12.6. The highest BCUT2D eigenvalue weighted by Crippen LogP contribution is 2.28. The predicted molar refractivity (Wildman–Crippen MR) is 112 cm³/mol. The lowest BCUT2D eigenvalue weighted by Gasteiger charge is -2.34. The number of urea groups is 2. The first kappa shape index (κ1) is 20.2. The molecule has 3 heterocycles. The zero-order chi connectivity index (χ0) is 21.1. The summed E-state index contributed by atoms with van der Waals surface area (Å²) in [7, 11) is 3.57. The number of nitrogens with one attached hydrogen (secondary N) is 1. The van der Waals surface area contributed by atoms with Gasteiger partial charge < -0.3 is 24.6 Å². The summed E-state index contributed by atoms with van der Waals surface area (Å²) < 4.78 is 2.16. The highest BCUT2D eigenvalue weighted by Gasteiger charge is 2.31. The number of nitrogens with zero attached hydrogens (tertiary/aromatic N) is 6. The van der Waals surface area contributed by atoms with Gasteiger partial charge >= 0.3 is 12.1 Å². The molecule has 2 aliphatic heterocycles. The predicted octanol–water partition coefficient (Wildman–Crippen LogP) is 1.86. The number of hydrogen-bond donors (Lipinski definition) is 1. The fourth-order valence-corrected chi connectivity index (χ4v) is 4.15. The SMILES string of the molecule is CN(C)C(=O)N1CCC(c2nnc3n2CCN(C(=O)NCc2ccccc2)C3)CC1. The van der Waals surface area contributed by atoms with E-state index in [1.165, 1.54) is 0 Å². The van der Waals surface area contributed by atoms with Crippen molar-refractivity contribution in [1.82, 2.24) is 34.8 Å². The van der Waals surface area contributed by atoms with E-state index >= 15 is 0 Å². The summed E-state index contributed by atoms with van der Waals surface area (Å²) >= 11 is 0. The number of carbonyl (C=O) groups is 2. The van der Waals surface area contributed by atoms with Crippen LogP contribution in [0.4, 0.5) is 9.59 Å². The van der Waals surface area contributed by atoms with Crippen molar-refractivity contribution < 1.29 is 9.59 Å². The molecule has 0 bridgehead atoms. The molecule has 0 spiro atoms. The lowest BCUT2D eigenvalue weighted by atomic mass is 9.96. The summed E-state index contributed by atoms with van der Waals surface area (Å²) in [4.78, 5) is 30.0. The maximum atomic E-state index is 12.6. The molecule has 30 heavy (non-hydrogen) atoms. The standard InChI is InChI=1S/C21H29N7O2/c1-25(2)21(30)26-10-8-17(9-11-26)19-24-23-18-15-27(12-13-28(18)19)20(29)22-14-16-6-4-3-5-7-16/h3-7,17H,8-15H2,1-2H3,(H,22,29). The largest absolute Gasteiger partial charge is 0.334 e. The van der Waals surface area contributed by atoms with Gasteiger partial charge in [0.05, 0.1) is 6.54 Å². The molecule has 1 N–H and O–H groups in total. The van der Waals surface area contributed by atoms with Crippen molar-refractivity contribution >= 4 is 12.1 Å². The molecule has 0 atom stereocenters. The van der Waals surface area contributed by atoms with Crippen molar-refractivity contribution in [3.8, 4) is 0 Å². The third kappa shape index (κ3) is 4.24. The lowest BCUT2D eigenvalue weighted by Crippen LogP contribution is -2.45. The second kappa shape index (κ2) is 8.73. The Labute approximate surface area is 176 Å². The smallest absolute Gasteiger partial charge is 0.319 e. The first-order chi connectivity index (χ1) is 14.5. The van der Waals surface area contributed by atoms with Crippen LogP contribution in [-0.2, 0) is 19.6 Å². The summed E-state index contributed by atoms with van der Waals surface area (Å²) in [6.07, 6.45) is 1.78. The van der Waals surface area contributed by atoms with Crippen molar-refractivity contribution in [3.05, 3.63) is 47.5 Å². The van der Waals surface area contributed by atoms with Crippen molar-refractivity contribution in [2.24, 2.45) is 0 Å². The number of amides is 4. The van der Waals surface area contributed by atoms with Crippen LogP contribution < -0.4 is 5.32 Å². The topological polar surface area (TPSA) is 86.6 Å². The Morgan fingerprint density at radius 2 is 1.77 bits per heavy atom. The van der Waals surface area contributed by atoms with Crippen molar-refractivity contribution in [2.45, 2.75) is 38.4 Å². The van der Waals surface area contributed by atoms with E-state index in [-0.39, 0.29) is 12.1 Å². The number of likely N-dealkylation sites (tertiary alicyclic amines) is 1. The number of benzene rings is 1. The molecule has 1 fully saturated rings. The molecular weight excluding hydrogens is 382 g/mol. The van der Waals surface area contributed by atoms with Crippen molar-refractivity contribution in [3.63, 3.8) is 0 Å². The average Bonchev–Trinajstić information content (AvgIpc) is 3.21. The molecule has 2 aromatic rings. The van der Waals surface area contributed by atoms with E-state index in [0.717, 1.165) is 43.1 Å². The van der Waals surface area contributed by atoms with E-state index in [1.54, 1.807) is 23.9 Å². The van der Waals surface area contributed by atoms with Gasteiger partial charge in [-0.15, -0.1) is 10.2 Å². The van der Waals surface area contributed by atoms with E-state index < -0.39 is 0 Å². The minimum atomic E-state index is -0.0786. The van der Waals surface area contributed by atoms with Gasteiger partial charge in [0.1, 0.15) is 5.82 Å². The van der Waals surface area contributed by atoms with Crippen LogP contribution in [0.15, 0.2) is 30.3 Å². The molecule has 1 aromatic heterocycles. The van der Waals surface area contributed by atoms with Crippen molar-refractivity contribution in [2.75, 3.05) is 33.7 Å². The van der Waals surface area contributed by atoms with Crippen LogP contribution in [0.25, 0.3) is 0 Å². The van der Waals surface area contributed by atoms with Gasteiger partial charge in [0.15, 0.2) is 5.82 Å². The van der Waals surface area contributed by atoms with E-state index in [0.29, 0.717) is 32.1 Å². The number of carbonyl (C=O) groups excluding carboxylic acids is 2. The van der Waals surface area contributed by atoms with Crippen LogP contribution in [0.5, 0.6) is 0 Å². The molecule has 160 valence electrons. The third-order valence-electron chi connectivity index (χ3n) is 5.87. The highest BCUT2D eigenvalue weighted by molar-refractivity contribution is 5.74. The average molecular weight is 412 g/mol. The molecule has 1 saturated heterocycles. The summed E-state index contributed by atoms with van der Waals surface area (Å²) in [6, 6.07) is 9.87. The van der Waals surface area contributed by atoms with Crippen LogP contribution >= 0.6 is 0 Å². The Morgan fingerprint density at radius 1 is 1.03 bits per heavy atom. The number of hydrogen-bond acceptors (Lipinski definition) is 4. The molecule has 9 heteroatoms. The first-order valence-corrected chi connectivity index (χ1v) is 10.5. The van der Waals surface area contributed by atoms with E-state index in [9.17, 15) is 9.59 Å². The van der Waals surface area contributed by atoms with Crippen LogP contribution in [0.2, 0.25) is 0 Å². The van der Waals surface area contributed by atoms with Gasteiger partial charge in [-0.05, 0) is 18.4 Å². The molecule has 2 aliphatic rings. The number of piperidine rings is 1. The first-order valence-electron chi connectivity index (χ1n) is 10.5. The van der Waals surface area contributed by atoms with Crippen LogP contribution in [0.1, 0.15) is 36.0 Å². The molecule has 4 rings (SSSR count).